The number of carbonyl (C=O) groups excluding carboxylic acids is 1. The number of hydrogen-bond donors (Lipinski definition) is 1. The molecule has 0 spiro atoms. The molecular weight excluding hydrogens is 370 g/mol. The lowest BCUT2D eigenvalue weighted by atomic mass is 10.1. The Hall–Kier alpha value is -4.25. The zero-order valence-corrected chi connectivity index (χ0v) is 15.2. The Morgan fingerprint density at radius 2 is 1.90 bits per heavy atom. The van der Waals surface area contributed by atoms with Crippen LogP contribution in [-0.4, -0.2) is 25.7 Å². The summed E-state index contributed by atoms with van der Waals surface area (Å²) in [6.07, 6.45) is 0. The number of aromatic nitrogens is 4. The van der Waals surface area contributed by atoms with E-state index in [0.717, 1.165) is 5.56 Å². The number of nitrogens with one attached hydrogen (secondary N) is 1. The molecule has 0 unspecified atom stereocenters. The molecule has 0 aliphatic heterocycles. The molecule has 1 N–H and O–H groups in total. The fourth-order valence-corrected chi connectivity index (χ4v) is 2.95. The molecule has 8 nitrogen and oxygen atoms in total. The third-order valence-corrected chi connectivity index (χ3v) is 4.37. The molecule has 142 valence electrons. The highest BCUT2D eigenvalue weighted by Gasteiger charge is 2.16. The molecule has 8 heteroatoms. The molecule has 2 aromatic carbocycles. The summed E-state index contributed by atoms with van der Waals surface area (Å²) in [6.45, 7) is -0.438. The van der Waals surface area contributed by atoms with Crippen molar-refractivity contribution in [1.82, 2.24) is 19.7 Å². The summed E-state index contributed by atoms with van der Waals surface area (Å²) in [6, 6.07) is 19.8. The first-order chi connectivity index (χ1) is 14.2. The van der Waals surface area contributed by atoms with Gasteiger partial charge >= 0.3 is 5.97 Å². The number of benzene rings is 2. The number of carbonyl (C=O) groups is 1. The summed E-state index contributed by atoms with van der Waals surface area (Å²) in [5.74, 6) is -0.433. The van der Waals surface area contributed by atoms with E-state index in [1.54, 1.807) is 30.3 Å². The van der Waals surface area contributed by atoms with Crippen molar-refractivity contribution in [1.29, 1.82) is 5.26 Å². The highest BCUT2D eigenvalue weighted by Crippen LogP contribution is 2.17. The quantitative estimate of drug-likeness (QED) is 0.528. The number of aromatic amines is 1. The van der Waals surface area contributed by atoms with Gasteiger partial charge in [-0.3, -0.25) is 14.5 Å². The van der Waals surface area contributed by atoms with E-state index in [4.69, 9.17) is 10.00 Å². The number of rotatable bonds is 5. The molecule has 0 saturated heterocycles. The van der Waals surface area contributed by atoms with Crippen LogP contribution in [0.4, 0.5) is 0 Å². The Bertz CT molecular complexity index is 1290. The number of ether oxygens (including phenoxy) is 1. The summed E-state index contributed by atoms with van der Waals surface area (Å²) >= 11 is 0. The number of para-hydroxylation sites is 1. The van der Waals surface area contributed by atoms with Crippen LogP contribution in [0.25, 0.3) is 22.2 Å². The van der Waals surface area contributed by atoms with Gasteiger partial charge in [0, 0.05) is 5.56 Å². The topological polar surface area (TPSA) is 114 Å². The Morgan fingerprint density at radius 3 is 2.69 bits per heavy atom. The van der Waals surface area contributed by atoms with Crippen LogP contribution in [0.15, 0.2) is 65.5 Å². The normalized spacial score (nSPS) is 10.6. The minimum Gasteiger partial charge on any atom is -0.453 e. The number of nitrogens with zero attached hydrogens (tertiary/aromatic N) is 4. The third-order valence-electron chi connectivity index (χ3n) is 4.37. The second kappa shape index (κ2) is 7.78. The van der Waals surface area contributed by atoms with Crippen molar-refractivity contribution < 1.29 is 9.53 Å². The molecule has 0 radical (unpaired) electrons. The molecule has 2 heterocycles. The van der Waals surface area contributed by atoms with Gasteiger partial charge < -0.3 is 4.74 Å². The molecule has 0 fully saturated rings. The van der Waals surface area contributed by atoms with Crippen molar-refractivity contribution in [2.75, 3.05) is 0 Å². The lowest BCUT2D eigenvalue weighted by Gasteiger charge is -2.10. The van der Waals surface area contributed by atoms with Gasteiger partial charge in [-0.05, 0) is 18.2 Å². The summed E-state index contributed by atoms with van der Waals surface area (Å²) < 4.78 is 6.52. The molecule has 0 saturated carbocycles. The standard InChI is InChI=1S/C21H15N5O3/c22-10-11-26-19(23-16-9-5-4-8-15(16)20(26)27)13-29-21(28)18-12-17(24-25-18)14-6-2-1-3-7-14/h1-9,12H,11,13H2,(H,24,25). The van der Waals surface area contributed by atoms with Crippen LogP contribution in [0, 0.1) is 11.3 Å². The number of H-pyrrole nitrogens is 1. The van der Waals surface area contributed by atoms with E-state index in [-0.39, 0.29) is 30.2 Å². The van der Waals surface area contributed by atoms with Crippen LogP contribution in [0.2, 0.25) is 0 Å². The zero-order chi connectivity index (χ0) is 20.2. The van der Waals surface area contributed by atoms with Gasteiger partial charge in [0.15, 0.2) is 5.82 Å². The van der Waals surface area contributed by atoms with Crippen LogP contribution in [0.5, 0.6) is 0 Å². The SMILES string of the molecule is N#CCn1c(COC(=O)c2cc(-c3ccccc3)n[nH]2)nc2ccccc2c1=O. The monoisotopic (exact) mass is 385 g/mol. The Kier molecular flexibility index (Phi) is 4.86. The second-order valence-corrected chi connectivity index (χ2v) is 6.20. The van der Waals surface area contributed by atoms with Gasteiger partial charge in [0.1, 0.15) is 18.8 Å². The van der Waals surface area contributed by atoms with E-state index >= 15 is 0 Å². The second-order valence-electron chi connectivity index (χ2n) is 6.20. The van der Waals surface area contributed by atoms with Gasteiger partial charge in [0.05, 0.1) is 22.7 Å². The largest absolute Gasteiger partial charge is 0.453 e. The third kappa shape index (κ3) is 3.61. The first-order valence-electron chi connectivity index (χ1n) is 8.81. The van der Waals surface area contributed by atoms with Crippen molar-refractivity contribution in [2.45, 2.75) is 13.2 Å². The van der Waals surface area contributed by atoms with Crippen LogP contribution in [0.1, 0.15) is 16.3 Å². The van der Waals surface area contributed by atoms with Gasteiger partial charge in [0.25, 0.3) is 5.56 Å². The van der Waals surface area contributed by atoms with E-state index in [0.29, 0.717) is 16.6 Å². The smallest absolute Gasteiger partial charge is 0.356 e. The number of esters is 1. The molecule has 0 aliphatic carbocycles. The van der Waals surface area contributed by atoms with Crippen LogP contribution < -0.4 is 5.56 Å². The van der Waals surface area contributed by atoms with Gasteiger partial charge in [-0.2, -0.15) is 10.4 Å². The molecule has 0 atom stereocenters. The van der Waals surface area contributed by atoms with E-state index in [2.05, 4.69) is 15.2 Å². The highest BCUT2D eigenvalue weighted by molar-refractivity contribution is 5.88. The molecule has 4 rings (SSSR count). The fraction of sp³-hybridized carbons (Fsp3) is 0.0952. The highest BCUT2D eigenvalue weighted by atomic mass is 16.5. The van der Waals surface area contributed by atoms with Crippen molar-refractivity contribution >= 4 is 16.9 Å². The first kappa shape index (κ1) is 18.1. The summed E-state index contributed by atoms with van der Waals surface area (Å²) in [5, 5.41) is 16.2. The Labute approximate surface area is 165 Å². The van der Waals surface area contributed by atoms with E-state index in [1.807, 2.05) is 36.4 Å². The van der Waals surface area contributed by atoms with Gasteiger partial charge in [-0.15, -0.1) is 0 Å². The zero-order valence-electron chi connectivity index (χ0n) is 15.2. The maximum absolute atomic E-state index is 12.6. The van der Waals surface area contributed by atoms with Crippen LogP contribution in [0.3, 0.4) is 0 Å². The predicted molar refractivity (Wildman–Crippen MR) is 105 cm³/mol. The molecule has 29 heavy (non-hydrogen) atoms. The van der Waals surface area contributed by atoms with Gasteiger partial charge in [-0.25, -0.2) is 9.78 Å². The van der Waals surface area contributed by atoms with E-state index < -0.39 is 5.97 Å². The maximum Gasteiger partial charge on any atom is 0.356 e. The minimum absolute atomic E-state index is 0.179. The molecule has 0 amide bonds. The average Bonchev–Trinajstić information content (AvgIpc) is 3.25. The number of fused-ring (bicyclic) bond motifs is 1. The van der Waals surface area contributed by atoms with Gasteiger partial charge in [-0.1, -0.05) is 42.5 Å². The molecule has 4 aromatic rings. The summed E-state index contributed by atoms with van der Waals surface area (Å²) in [7, 11) is 0. The number of hydrogen-bond acceptors (Lipinski definition) is 6. The molecule has 0 bridgehead atoms. The van der Waals surface area contributed by atoms with E-state index in [9.17, 15) is 9.59 Å². The lowest BCUT2D eigenvalue weighted by Crippen LogP contribution is -2.26. The average molecular weight is 385 g/mol. The Balaban J connectivity index is 1.57. The minimum atomic E-state index is -0.634. The number of nitriles is 1. The van der Waals surface area contributed by atoms with Crippen LogP contribution in [-0.2, 0) is 17.9 Å². The van der Waals surface area contributed by atoms with Gasteiger partial charge in [0.2, 0.25) is 0 Å². The fourth-order valence-electron chi connectivity index (χ4n) is 2.95. The first-order valence-corrected chi connectivity index (χ1v) is 8.81. The van der Waals surface area contributed by atoms with E-state index in [1.165, 1.54) is 4.57 Å². The summed E-state index contributed by atoms with van der Waals surface area (Å²) in [5.41, 5.74) is 1.78. The molecule has 2 aromatic heterocycles. The van der Waals surface area contributed by atoms with Crippen molar-refractivity contribution in [3.63, 3.8) is 0 Å². The summed E-state index contributed by atoms with van der Waals surface area (Å²) in [4.78, 5) is 29.4. The van der Waals surface area contributed by atoms with Crippen molar-refractivity contribution in [3.8, 4) is 17.3 Å². The lowest BCUT2D eigenvalue weighted by molar-refractivity contribution is 0.0450. The molecular formula is C21H15N5O3. The van der Waals surface area contributed by atoms with Crippen molar-refractivity contribution in [2.24, 2.45) is 0 Å². The molecule has 0 aliphatic rings. The van der Waals surface area contributed by atoms with Crippen molar-refractivity contribution in [3.05, 3.63) is 82.5 Å². The maximum atomic E-state index is 12.6. The predicted octanol–water partition coefficient (Wildman–Crippen LogP) is 2.67. The Morgan fingerprint density at radius 1 is 1.14 bits per heavy atom. The van der Waals surface area contributed by atoms with Crippen LogP contribution >= 0.6 is 0 Å².